The normalized spacial score (nSPS) is 22.5. The number of halogens is 1. The lowest BCUT2D eigenvalue weighted by atomic mass is 9.85. The van der Waals surface area contributed by atoms with E-state index in [9.17, 15) is 14.3 Å². The minimum atomic E-state index is -0.798. The van der Waals surface area contributed by atoms with E-state index in [-0.39, 0.29) is 36.4 Å². The fourth-order valence-electron chi connectivity index (χ4n) is 5.85. The molecule has 2 aliphatic rings. The van der Waals surface area contributed by atoms with Gasteiger partial charge in [0.05, 0.1) is 24.8 Å². The molecule has 0 aromatic heterocycles. The van der Waals surface area contributed by atoms with E-state index in [0.29, 0.717) is 43.6 Å². The molecule has 2 fully saturated rings. The van der Waals surface area contributed by atoms with Crippen molar-refractivity contribution in [1.29, 1.82) is 0 Å². The predicted molar refractivity (Wildman–Crippen MR) is 142 cm³/mol. The highest BCUT2D eigenvalue weighted by atomic mass is 19.1. The zero-order valence-corrected chi connectivity index (χ0v) is 22.2. The van der Waals surface area contributed by atoms with Crippen LogP contribution in [-0.4, -0.2) is 62.7 Å². The second-order valence-electron chi connectivity index (χ2n) is 10.3. The topological polar surface area (TPSA) is 71.5 Å². The fraction of sp³-hybridized carbons (Fsp3) is 0.552. The Morgan fingerprint density at radius 2 is 1.78 bits per heavy atom. The van der Waals surface area contributed by atoms with Gasteiger partial charge in [0.2, 0.25) is 0 Å². The molecular formula is C29H39FN2O5. The zero-order chi connectivity index (χ0) is 26.5. The number of carboxylic acid groups (broad SMARTS) is 1. The summed E-state index contributed by atoms with van der Waals surface area (Å²) in [7, 11) is 1.70. The van der Waals surface area contributed by atoms with Gasteiger partial charge in [-0.15, -0.1) is 0 Å². The van der Waals surface area contributed by atoms with Crippen LogP contribution in [0.25, 0.3) is 0 Å². The Morgan fingerprint density at radius 1 is 1.11 bits per heavy atom. The second kappa shape index (κ2) is 12.0. The summed E-state index contributed by atoms with van der Waals surface area (Å²) in [4.78, 5) is 15.8. The largest absolute Gasteiger partial charge is 0.494 e. The maximum absolute atomic E-state index is 14.4. The van der Waals surface area contributed by atoms with Crippen LogP contribution in [0.3, 0.4) is 0 Å². The Bertz CT molecular complexity index is 1040. The van der Waals surface area contributed by atoms with Gasteiger partial charge in [0, 0.05) is 63.3 Å². The third-order valence-corrected chi connectivity index (χ3v) is 7.59. The molecule has 3 atom stereocenters. The molecule has 0 saturated carbocycles. The van der Waals surface area contributed by atoms with E-state index in [4.69, 9.17) is 14.2 Å². The number of ether oxygens (including phenoxy) is 3. The summed E-state index contributed by atoms with van der Waals surface area (Å²) in [6.45, 7) is 8.78. The van der Waals surface area contributed by atoms with Crippen molar-refractivity contribution >= 4 is 17.3 Å². The number of benzene rings is 2. The van der Waals surface area contributed by atoms with Crippen molar-refractivity contribution in [1.82, 2.24) is 0 Å². The minimum Gasteiger partial charge on any atom is -0.494 e. The van der Waals surface area contributed by atoms with Crippen molar-refractivity contribution in [3.05, 3.63) is 48.3 Å². The Morgan fingerprint density at radius 3 is 2.38 bits per heavy atom. The van der Waals surface area contributed by atoms with Gasteiger partial charge in [0.15, 0.2) is 0 Å². The van der Waals surface area contributed by atoms with Crippen LogP contribution in [-0.2, 0) is 9.53 Å². The summed E-state index contributed by atoms with van der Waals surface area (Å²) in [6.07, 6.45) is 1.70. The van der Waals surface area contributed by atoms with Crippen molar-refractivity contribution in [2.75, 3.05) is 43.2 Å². The van der Waals surface area contributed by atoms with E-state index in [2.05, 4.69) is 18.7 Å². The van der Waals surface area contributed by atoms with Gasteiger partial charge in [-0.05, 0) is 49.2 Å². The van der Waals surface area contributed by atoms with Crippen LogP contribution in [0.4, 0.5) is 15.8 Å². The summed E-state index contributed by atoms with van der Waals surface area (Å²) in [5.74, 6) is 0.871. The first-order chi connectivity index (χ1) is 17.8. The van der Waals surface area contributed by atoms with E-state index in [1.165, 1.54) is 6.07 Å². The number of methoxy groups -OCH3 is 1. The lowest BCUT2D eigenvalue weighted by Gasteiger charge is -2.34. The summed E-state index contributed by atoms with van der Waals surface area (Å²) in [5.41, 5.74) is 1.55. The molecular weight excluding hydrogens is 475 g/mol. The zero-order valence-electron chi connectivity index (χ0n) is 22.2. The van der Waals surface area contributed by atoms with Crippen LogP contribution in [0, 0.1) is 17.7 Å². The highest BCUT2D eigenvalue weighted by Crippen LogP contribution is 2.38. The Hall–Kier alpha value is -3.00. The molecule has 2 aliphatic heterocycles. The van der Waals surface area contributed by atoms with Gasteiger partial charge < -0.3 is 29.1 Å². The number of carbonyl (C=O) groups is 1. The third-order valence-electron chi connectivity index (χ3n) is 7.59. The molecule has 2 aromatic carbocycles. The number of nitrogens with zero attached hydrogens (tertiary/aromatic N) is 2. The van der Waals surface area contributed by atoms with Crippen molar-refractivity contribution in [3.63, 3.8) is 0 Å². The maximum Gasteiger partial charge on any atom is 0.305 e. The Labute approximate surface area is 219 Å². The molecule has 0 aliphatic carbocycles. The van der Waals surface area contributed by atoms with Crippen LogP contribution in [0.2, 0.25) is 0 Å². The van der Waals surface area contributed by atoms with E-state index in [1.807, 2.05) is 36.1 Å². The first-order valence-corrected chi connectivity index (χ1v) is 13.3. The molecule has 1 N–H and O–H groups in total. The first-order valence-electron chi connectivity index (χ1n) is 13.3. The van der Waals surface area contributed by atoms with Gasteiger partial charge in [-0.2, -0.15) is 0 Å². The molecule has 8 heteroatoms. The lowest BCUT2D eigenvalue weighted by Crippen LogP contribution is -2.38. The SMILES string of the molecule is CCOc1ccc(F)c(N2CCC(Oc3ccc(N4C[C@H](OC)[C@@H](C(C)C)[C@@H]4CC(=O)O)cc3)CC2)c1. The van der Waals surface area contributed by atoms with Crippen molar-refractivity contribution in [3.8, 4) is 11.5 Å². The lowest BCUT2D eigenvalue weighted by molar-refractivity contribution is -0.137. The van der Waals surface area contributed by atoms with E-state index < -0.39 is 5.97 Å². The average Bonchev–Trinajstić information content (AvgIpc) is 3.24. The molecule has 37 heavy (non-hydrogen) atoms. The molecule has 0 unspecified atom stereocenters. The van der Waals surface area contributed by atoms with Crippen LogP contribution in [0.5, 0.6) is 11.5 Å². The standard InChI is InChI=1S/C29H39FN2O5/c1-5-36-23-10-11-24(30)25(16-23)31-14-12-22(13-15-31)37-21-8-6-20(7-9-21)32-18-27(35-4)29(19(2)3)26(32)17-28(33)34/h6-11,16,19,22,26-27,29H,5,12-15,17-18H2,1-4H3,(H,33,34)/t26-,27-,29-/m0/s1. The molecule has 2 heterocycles. The quantitative estimate of drug-likeness (QED) is 0.466. The van der Waals surface area contributed by atoms with Crippen LogP contribution in [0.15, 0.2) is 42.5 Å². The van der Waals surface area contributed by atoms with E-state index in [0.717, 1.165) is 24.3 Å². The molecule has 202 valence electrons. The molecule has 0 bridgehead atoms. The van der Waals surface area contributed by atoms with Crippen molar-refractivity contribution < 1.29 is 28.5 Å². The van der Waals surface area contributed by atoms with Crippen LogP contribution < -0.4 is 19.3 Å². The highest BCUT2D eigenvalue weighted by molar-refractivity contribution is 5.69. The number of hydrogen-bond acceptors (Lipinski definition) is 6. The van der Waals surface area contributed by atoms with Gasteiger partial charge in [-0.3, -0.25) is 4.79 Å². The molecule has 0 amide bonds. The first kappa shape index (κ1) is 27.0. The summed E-state index contributed by atoms with van der Waals surface area (Å²) < 4.78 is 32.0. The van der Waals surface area contributed by atoms with E-state index in [1.54, 1.807) is 19.2 Å². The van der Waals surface area contributed by atoms with Gasteiger partial charge >= 0.3 is 5.97 Å². The monoisotopic (exact) mass is 514 g/mol. The van der Waals surface area contributed by atoms with Crippen LogP contribution >= 0.6 is 0 Å². The molecule has 2 aromatic rings. The van der Waals surface area contributed by atoms with Crippen molar-refractivity contribution in [2.45, 2.75) is 58.3 Å². The smallest absolute Gasteiger partial charge is 0.305 e. The van der Waals surface area contributed by atoms with Gasteiger partial charge in [0.25, 0.3) is 0 Å². The number of aliphatic carboxylic acids is 1. The Kier molecular flexibility index (Phi) is 8.79. The predicted octanol–water partition coefficient (Wildman–Crippen LogP) is 5.22. The Balaban J connectivity index is 1.38. The number of piperidine rings is 1. The maximum atomic E-state index is 14.4. The molecule has 0 spiro atoms. The highest BCUT2D eigenvalue weighted by Gasteiger charge is 2.44. The summed E-state index contributed by atoms with van der Waals surface area (Å²) in [5, 5.41) is 9.55. The molecule has 7 nitrogen and oxygen atoms in total. The second-order valence-corrected chi connectivity index (χ2v) is 10.3. The molecule has 0 radical (unpaired) electrons. The minimum absolute atomic E-state index is 0.00970. The third kappa shape index (κ3) is 6.29. The van der Waals surface area contributed by atoms with Crippen molar-refractivity contribution in [2.24, 2.45) is 11.8 Å². The van der Waals surface area contributed by atoms with Gasteiger partial charge in [-0.1, -0.05) is 13.8 Å². The summed E-state index contributed by atoms with van der Waals surface area (Å²) in [6, 6.07) is 12.7. The fourth-order valence-corrected chi connectivity index (χ4v) is 5.85. The molecule has 4 rings (SSSR count). The van der Waals surface area contributed by atoms with Crippen LogP contribution in [0.1, 0.15) is 40.0 Å². The number of hydrogen-bond donors (Lipinski definition) is 1. The van der Waals surface area contributed by atoms with Gasteiger partial charge in [-0.25, -0.2) is 4.39 Å². The summed E-state index contributed by atoms with van der Waals surface area (Å²) >= 11 is 0. The number of anilines is 2. The molecule has 2 saturated heterocycles. The average molecular weight is 515 g/mol. The number of carboxylic acids is 1. The number of rotatable bonds is 10. The van der Waals surface area contributed by atoms with E-state index >= 15 is 0 Å². The van der Waals surface area contributed by atoms with Gasteiger partial charge in [0.1, 0.15) is 23.4 Å².